The smallest absolute Gasteiger partial charge is 0.408 e. The Labute approximate surface area is 455 Å². The number of methoxy groups -OCH3 is 2. The lowest BCUT2D eigenvalue weighted by atomic mass is 9.85. The van der Waals surface area contributed by atoms with E-state index in [2.05, 4.69) is 31.7 Å². The Balaban J connectivity index is 1.74. The summed E-state index contributed by atoms with van der Waals surface area (Å²) < 4.78 is 39.1. The topological polar surface area (TPSA) is 226 Å². The Morgan fingerprint density at radius 3 is 1.79 bits per heavy atom. The van der Waals surface area contributed by atoms with Crippen LogP contribution < -0.4 is 26.7 Å². The molecule has 0 saturated heterocycles. The molecule has 3 aromatic carbocycles. The lowest BCUT2D eigenvalue weighted by Crippen LogP contribution is -2.60. The fourth-order valence-corrected chi connectivity index (χ4v) is 7.94. The highest BCUT2D eigenvalue weighted by atomic mass is 16.6. The number of nitrogens with zero attached hydrogens (tertiary/aromatic N) is 2. The number of alkyl carbamates (subject to hydrolysis) is 2. The van der Waals surface area contributed by atoms with Crippen LogP contribution in [0.3, 0.4) is 0 Å². The molecule has 0 radical (unpaired) electrons. The number of rotatable bonds is 32. The Morgan fingerprint density at radius 2 is 1.22 bits per heavy atom. The van der Waals surface area contributed by atoms with Gasteiger partial charge in [0.15, 0.2) is 0 Å². The van der Waals surface area contributed by atoms with Crippen molar-refractivity contribution in [2.45, 2.75) is 117 Å². The maximum absolute atomic E-state index is 15.2. The summed E-state index contributed by atoms with van der Waals surface area (Å²) in [6, 6.07) is 27.8. The van der Waals surface area contributed by atoms with Gasteiger partial charge in [-0.3, -0.25) is 14.6 Å². The van der Waals surface area contributed by atoms with Gasteiger partial charge in [0.25, 0.3) is 0 Å². The van der Waals surface area contributed by atoms with Gasteiger partial charge in [0, 0.05) is 38.9 Å². The molecule has 0 aliphatic carbocycles. The molecule has 1 unspecified atom stereocenters. The number of pyridine rings is 1. The van der Waals surface area contributed by atoms with Crippen LogP contribution in [0.2, 0.25) is 0 Å². The van der Waals surface area contributed by atoms with E-state index in [1.807, 2.05) is 143 Å². The van der Waals surface area contributed by atoms with Crippen molar-refractivity contribution < 1.29 is 57.1 Å². The van der Waals surface area contributed by atoms with Gasteiger partial charge >= 0.3 is 18.2 Å². The monoisotopic (exact) mass is 1070 g/mol. The van der Waals surface area contributed by atoms with Crippen LogP contribution in [0.25, 0.3) is 11.3 Å². The molecule has 0 aliphatic rings. The maximum Gasteiger partial charge on any atom is 0.408 e. The second-order valence-electron chi connectivity index (χ2n) is 21.0. The van der Waals surface area contributed by atoms with Crippen molar-refractivity contribution in [1.29, 1.82) is 0 Å². The number of hydrazine groups is 1. The van der Waals surface area contributed by atoms with Crippen molar-refractivity contribution >= 4 is 30.0 Å². The lowest BCUT2D eigenvalue weighted by Gasteiger charge is -2.36. The summed E-state index contributed by atoms with van der Waals surface area (Å²) in [6.07, 6.45) is -0.591. The van der Waals surface area contributed by atoms with Gasteiger partial charge in [-0.15, -0.1) is 0 Å². The van der Waals surface area contributed by atoms with Gasteiger partial charge in [-0.1, -0.05) is 126 Å². The molecular formula is C58H83N7O12. The predicted molar refractivity (Wildman–Crippen MR) is 293 cm³/mol. The SMILES string of the molecule is COCCOCCOCCOC(=O)NC(C(=O)N[C@@H](Cc1ccccc1)[C@H](CN(Cc1ccc(-c2ccccn2)cc1)NCOC)OC(=O)[C@H](Cc1ccccc1)NC(=O)[C@H](CC(C)C)NC(=O)OC(C)(C)C)C(C)(C)C. The number of hydrogen-bond acceptors (Lipinski definition) is 15. The molecule has 19 heteroatoms. The van der Waals surface area contributed by atoms with Gasteiger partial charge in [-0.2, -0.15) is 0 Å². The minimum Gasteiger partial charge on any atom is -0.457 e. The van der Waals surface area contributed by atoms with Gasteiger partial charge in [0.05, 0.1) is 51.3 Å². The van der Waals surface area contributed by atoms with Crippen LogP contribution in [0.1, 0.15) is 78.5 Å². The number of amides is 4. The van der Waals surface area contributed by atoms with Crippen molar-refractivity contribution in [3.05, 3.63) is 126 Å². The second kappa shape index (κ2) is 33.0. The standard InChI is InChI=1S/C58H83N7O12/c1-41(2)35-48(63-56(70)77-58(6,7)8)52(66)62-49(37-43-21-15-12-16-22-43)54(68)76-50(39-65(60-40-72-10)38-44-24-26-45(27-25-44)46-23-17-18-28-59-46)47(36-42-19-13-11-14-20-42)61-53(67)51(57(3,4)5)64-55(69)75-34-33-74-32-31-73-30-29-71-9/h11-28,41,47-51,60H,29-40H2,1-10H3,(H,61,67)(H,62,66)(H,63,70)(H,64,69)/t47-,48-,49-,50-,51?/m0/s1. The van der Waals surface area contributed by atoms with Crippen LogP contribution in [0.15, 0.2) is 109 Å². The Kier molecular flexibility index (Phi) is 27.0. The highest BCUT2D eigenvalue weighted by Crippen LogP contribution is 2.23. The van der Waals surface area contributed by atoms with Crippen molar-refractivity contribution in [3.63, 3.8) is 0 Å². The summed E-state index contributed by atoms with van der Waals surface area (Å²) in [5.74, 6) is -2.02. The highest BCUT2D eigenvalue weighted by Gasteiger charge is 2.39. The molecule has 4 aromatic rings. The van der Waals surface area contributed by atoms with Crippen molar-refractivity contribution in [2.75, 3.05) is 67.1 Å². The van der Waals surface area contributed by atoms with Crippen LogP contribution in [-0.4, -0.2) is 143 Å². The molecule has 0 bridgehead atoms. The zero-order chi connectivity index (χ0) is 56.2. The molecule has 5 N–H and O–H groups in total. The molecule has 0 aliphatic heterocycles. The van der Waals surface area contributed by atoms with Crippen LogP contribution in [-0.2, 0) is 66.9 Å². The van der Waals surface area contributed by atoms with E-state index in [9.17, 15) is 19.2 Å². The average Bonchev–Trinajstić information content (AvgIpc) is 3.38. The molecular weight excluding hydrogens is 987 g/mol. The minimum absolute atomic E-state index is 0.0221. The number of hydrogen-bond donors (Lipinski definition) is 5. The van der Waals surface area contributed by atoms with E-state index >= 15 is 4.79 Å². The third-order valence-corrected chi connectivity index (χ3v) is 11.7. The van der Waals surface area contributed by atoms with Crippen LogP contribution in [0.5, 0.6) is 0 Å². The summed E-state index contributed by atoms with van der Waals surface area (Å²) >= 11 is 0. The summed E-state index contributed by atoms with van der Waals surface area (Å²) in [6.45, 7) is 16.3. The van der Waals surface area contributed by atoms with E-state index in [0.717, 1.165) is 27.9 Å². The van der Waals surface area contributed by atoms with Gasteiger partial charge in [0.2, 0.25) is 11.8 Å². The van der Waals surface area contributed by atoms with Gasteiger partial charge in [-0.25, -0.2) is 24.8 Å². The van der Waals surface area contributed by atoms with E-state index in [-0.39, 0.29) is 64.8 Å². The molecule has 1 heterocycles. The van der Waals surface area contributed by atoms with Crippen molar-refractivity contribution in [3.8, 4) is 11.3 Å². The number of carbonyl (C=O) groups excluding carboxylic acids is 5. The molecule has 0 fully saturated rings. The molecule has 0 spiro atoms. The molecule has 1 aromatic heterocycles. The zero-order valence-electron chi connectivity index (χ0n) is 46.6. The molecule has 77 heavy (non-hydrogen) atoms. The first kappa shape index (κ1) is 63.1. The molecule has 19 nitrogen and oxygen atoms in total. The number of carbonyl (C=O) groups is 5. The Hall–Kier alpha value is -6.48. The first-order valence-electron chi connectivity index (χ1n) is 26.2. The normalized spacial score (nSPS) is 13.7. The summed E-state index contributed by atoms with van der Waals surface area (Å²) in [7, 11) is 3.13. The maximum atomic E-state index is 15.2. The van der Waals surface area contributed by atoms with Crippen LogP contribution in [0.4, 0.5) is 9.59 Å². The highest BCUT2D eigenvalue weighted by molar-refractivity contribution is 5.90. The zero-order valence-corrected chi connectivity index (χ0v) is 46.6. The number of ether oxygens (including phenoxy) is 7. The van der Waals surface area contributed by atoms with E-state index in [1.165, 1.54) is 0 Å². The summed E-state index contributed by atoms with van der Waals surface area (Å²) in [5, 5.41) is 13.4. The summed E-state index contributed by atoms with van der Waals surface area (Å²) in [4.78, 5) is 75.3. The molecule has 0 saturated carbocycles. The Morgan fingerprint density at radius 1 is 0.610 bits per heavy atom. The number of benzene rings is 3. The quantitative estimate of drug-likeness (QED) is 0.0112. The number of aromatic nitrogens is 1. The first-order chi connectivity index (χ1) is 36.7. The Bertz CT molecular complexity index is 2350. The van der Waals surface area contributed by atoms with Gasteiger partial charge in [0.1, 0.15) is 43.2 Å². The van der Waals surface area contributed by atoms with Crippen molar-refractivity contribution in [2.24, 2.45) is 11.3 Å². The van der Waals surface area contributed by atoms with Crippen LogP contribution >= 0.6 is 0 Å². The number of esters is 1. The fourth-order valence-electron chi connectivity index (χ4n) is 7.94. The molecule has 4 rings (SSSR count). The lowest BCUT2D eigenvalue weighted by molar-refractivity contribution is -0.157. The average molecular weight is 1070 g/mol. The fraction of sp³-hybridized carbons (Fsp3) is 0.517. The van der Waals surface area contributed by atoms with Gasteiger partial charge in [-0.05, 0) is 73.8 Å². The minimum atomic E-state index is -1.28. The van der Waals surface area contributed by atoms with Gasteiger partial charge < -0.3 is 54.4 Å². The third-order valence-electron chi connectivity index (χ3n) is 11.7. The third kappa shape index (κ3) is 24.6. The van der Waals surface area contributed by atoms with E-state index < -0.39 is 71.3 Å². The first-order valence-corrected chi connectivity index (χ1v) is 26.2. The summed E-state index contributed by atoms with van der Waals surface area (Å²) in [5.41, 5.74) is 5.78. The van der Waals surface area contributed by atoms with Crippen LogP contribution in [0, 0.1) is 11.3 Å². The van der Waals surface area contributed by atoms with E-state index in [1.54, 1.807) is 41.2 Å². The number of nitrogens with one attached hydrogen (secondary N) is 5. The largest absolute Gasteiger partial charge is 0.457 e. The second-order valence-corrected chi connectivity index (χ2v) is 21.0. The predicted octanol–water partition coefficient (Wildman–Crippen LogP) is 6.79. The van der Waals surface area contributed by atoms with Crippen molar-refractivity contribution in [1.82, 2.24) is 36.7 Å². The molecule has 5 atom stereocenters. The molecule has 4 amide bonds. The molecule has 422 valence electrons. The van der Waals surface area contributed by atoms with E-state index in [0.29, 0.717) is 19.8 Å². The van der Waals surface area contributed by atoms with E-state index in [4.69, 9.17) is 33.2 Å².